The molecule has 252 valence electrons. The Kier molecular flexibility index (Phi) is 12.0. The van der Waals surface area contributed by atoms with E-state index < -0.39 is 0 Å². The molecular weight excluding hydrogens is 590 g/mol. The Bertz CT molecular complexity index is 1560. The van der Waals surface area contributed by atoms with Gasteiger partial charge in [-0.3, -0.25) is 4.79 Å². The zero-order valence-electron chi connectivity index (χ0n) is 28.7. The van der Waals surface area contributed by atoms with Crippen LogP contribution in [0.25, 0.3) is 11.0 Å². The van der Waals surface area contributed by atoms with Crippen LogP contribution in [0.4, 0.5) is 5.95 Å². The summed E-state index contributed by atoms with van der Waals surface area (Å²) < 4.78 is 18.8. The highest BCUT2D eigenvalue weighted by Crippen LogP contribution is 2.38. The molecule has 1 amide bonds. The number of imidazole rings is 1. The van der Waals surface area contributed by atoms with Gasteiger partial charge in [0.1, 0.15) is 0 Å². The van der Waals surface area contributed by atoms with Gasteiger partial charge in [-0.1, -0.05) is 62.2 Å². The second-order valence-corrected chi connectivity index (χ2v) is 12.5. The van der Waals surface area contributed by atoms with Gasteiger partial charge in [-0.15, -0.1) is 0 Å². The first-order valence-corrected chi connectivity index (χ1v) is 17.0. The number of nitrogens with one attached hydrogen (secondary N) is 1. The molecule has 0 spiro atoms. The summed E-state index contributed by atoms with van der Waals surface area (Å²) in [6.07, 6.45) is 6.71. The zero-order chi connectivity index (χ0) is 33.2. The summed E-state index contributed by atoms with van der Waals surface area (Å²) in [5.41, 5.74) is 4.02. The molecule has 4 aromatic rings. The average Bonchev–Trinajstić information content (AvgIpc) is 3.46. The van der Waals surface area contributed by atoms with Crippen molar-refractivity contribution in [3.05, 3.63) is 77.9 Å². The highest BCUT2D eigenvalue weighted by molar-refractivity contribution is 5.95. The molecular formula is C38H51N5O4. The summed E-state index contributed by atoms with van der Waals surface area (Å²) in [5, 5.41) is 3.81. The molecule has 2 heterocycles. The number of piperidine rings is 1. The molecule has 1 atom stereocenters. The van der Waals surface area contributed by atoms with Crippen molar-refractivity contribution in [3.8, 4) is 17.2 Å². The van der Waals surface area contributed by atoms with Crippen molar-refractivity contribution in [1.82, 2.24) is 19.4 Å². The third-order valence-corrected chi connectivity index (χ3v) is 9.38. The van der Waals surface area contributed by atoms with E-state index in [1.807, 2.05) is 13.1 Å². The summed E-state index contributed by atoms with van der Waals surface area (Å²) in [7, 11) is 6.55. The number of anilines is 1. The molecule has 1 saturated heterocycles. The predicted molar refractivity (Wildman–Crippen MR) is 189 cm³/mol. The molecule has 1 N–H and O–H groups in total. The van der Waals surface area contributed by atoms with E-state index in [-0.39, 0.29) is 11.8 Å². The van der Waals surface area contributed by atoms with Crippen LogP contribution in [0.1, 0.15) is 67.3 Å². The fourth-order valence-electron chi connectivity index (χ4n) is 6.68. The number of amides is 1. The fourth-order valence-corrected chi connectivity index (χ4v) is 6.68. The van der Waals surface area contributed by atoms with Gasteiger partial charge >= 0.3 is 0 Å². The summed E-state index contributed by atoms with van der Waals surface area (Å²) >= 11 is 0. The molecule has 3 aromatic carbocycles. The van der Waals surface area contributed by atoms with Gasteiger partial charge in [0.2, 0.25) is 11.7 Å². The summed E-state index contributed by atoms with van der Waals surface area (Å²) in [5.74, 6) is 2.53. The van der Waals surface area contributed by atoms with Crippen LogP contribution in [0.15, 0.2) is 66.7 Å². The highest BCUT2D eigenvalue weighted by atomic mass is 16.5. The number of para-hydroxylation sites is 2. The molecule has 0 saturated carbocycles. The van der Waals surface area contributed by atoms with Gasteiger partial charge in [-0.05, 0) is 62.1 Å². The van der Waals surface area contributed by atoms with Crippen molar-refractivity contribution in [2.75, 3.05) is 59.9 Å². The van der Waals surface area contributed by atoms with Crippen LogP contribution in [0.3, 0.4) is 0 Å². The number of carbonyl (C=O) groups is 1. The van der Waals surface area contributed by atoms with Gasteiger partial charge in [0.15, 0.2) is 11.5 Å². The van der Waals surface area contributed by atoms with Gasteiger partial charge in [0.05, 0.1) is 32.4 Å². The third kappa shape index (κ3) is 8.38. The number of ether oxygens (including phenoxy) is 3. The number of fused-ring (bicyclic) bond motifs is 1. The molecule has 0 bridgehead atoms. The number of rotatable bonds is 16. The number of likely N-dealkylation sites (tertiary alicyclic amines) is 1. The summed E-state index contributed by atoms with van der Waals surface area (Å²) in [4.78, 5) is 23.0. The molecule has 0 radical (unpaired) electrons. The van der Waals surface area contributed by atoms with Crippen LogP contribution in [0.5, 0.6) is 17.2 Å². The van der Waals surface area contributed by atoms with Crippen molar-refractivity contribution in [1.29, 1.82) is 0 Å². The molecule has 9 heteroatoms. The lowest BCUT2D eigenvalue weighted by Crippen LogP contribution is -2.40. The number of methoxy groups -OCH3 is 3. The molecule has 47 heavy (non-hydrogen) atoms. The lowest BCUT2D eigenvalue weighted by Gasteiger charge is -2.34. The van der Waals surface area contributed by atoms with Crippen LogP contribution in [-0.4, -0.2) is 85.9 Å². The number of aryl methyl sites for hydroxylation is 1. The van der Waals surface area contributed by atoms with Crippen molar-refractivity contribution in [2.24, 2.45) is 0 Å². The highest BCUT2D eigenvalue weighted by Gasteiger charge is 2.25. The first kappa shape index (κ1) is 34.1. The number of hydrogen-bond acceptors (Lipinski definition) is 7. The maximum absolute atomic E-state index is 13.6. The minimum atomic E-state index is -0.0854. The molecule has 1 fully saturated rings. The molecule has 1 aliphatic rings. The fraction of sp³-hybridized carbons (Fsp3) is 0.474. The van der Waals surface area contributed by atoms with Crippen LogP contribution in [0, 0.1) is 0 Å². The Hall–Kier alpha value is -4.24. The van der Waals surface area contributed by atoms with Crippen LogP contribution >= 0.6 is 0 Å². The molecule has 1 aromatic heterocycles. The van der Waals surface area contributed by atoms with Crippen molar-refractivity contribution < 1.29 is 19.0 Å². The van der Waals surface area contributed by atoms with E-state index in [9.17, 15) is 4.79 Å². The zero-order valence-corrected chi connectivity index (χ0v) is 28.7. The number of nitrogens with zero attached hydrogens (tertiary/aromatic N) is 4. The largest absolute Gasteiger partial charge is 0.493 e. The van der Waals surface area contributed by atoms with E-state index in [0.29, 0.717) is 35.4 Å². The Morgan fingerprint density at radius 1 is 0.936 bits per heavy atom. The Balaban J connectivity index is 1.20. The number of unbranched alkanes of at least 4 members (excludes halogenated alkanes) is 2. The monoisotopic (exact) mass is 641 g/mol. The maximum Gasteiger partial charge on any atom is 0.253 e. The predicted octanol–water partition coefficient (Wildman–Crippen LogP) is 7.07. The first-order chi connectivity index (χ1) is 22.9. The summed E-state index contributed by atoms with van der Waals surface area (Å²) in [6, 6.07) is 22.8. The van der Waals surface area contributed by atoms with E-state index in [1.165, 1.54) is 23.9 Å². The lowest BCUT2D eigenvalue weighted by atomic mass is 9.94. The Morgan fingerprint density at radius 2 is 1.62 bits per heavy atom. The lowest BCUT2D eigenvalue weighted by molar-refractivity contribution is 0.0781. The number of aromatic nitrogens is 2. The molecule has 5 rings (SSSR count). The SMILES string of the molecule is CCCCCn1c(NC2CCN(CCC(CN(C)C(=O)c3cc(OC)c(OC)c(OC)c3)c3ccccc3)CC2)nc2ccccc21. The van der Waals surface area contributed by atoms with Gasteiger partial charge in [0, 0.05) is 50.7 Å². The number of hydrogen-bond donors (Lipinski definition) is 1. The van der Waals surface area contributed by atoms with Crippen LogP contribution < -0.4 is 19.5 Å². The number of benzene rings is 3. The topological polar surface area (TPSA) is 81.1 Å². The molecule has 1 unspecified atom stereocenters. The average molecular weight is 642 g/mol. The molecule has 1 aliphatic heterocycles. The minimum Gasteiger partial charge on any atom is -0.493 e. The van der Waals surface area contributed by atoms with Crippen molar-refractivity contribution in [3.63, 3.8) is 0 Å². The molecule has 0 aliphatic carbocycles. The van der Waals surface area contributed by atoms with E-state index in [4.69, 9.17) is 19.2 Å². The molecule has 9 nitrogen and oxygen atoms in total. The van der Waals surface area contributed by atoms with Crippen molar-refractivity contribution in [2.45, 2.75) is 64.0 Å². The Labute approximate surface area is 279 Å². The normalized spacial score (nSPS) is 14.6. The van der Waals surface area contributed by atoms with Gasteiger partial charge < -0.3 is 33.9 Å². The minimum absolute atomic E-state index is 0.0854. The standard InChI is InChI=1S/C38H51N5O4/c1-6-7-13-21-43-33-17-12-11-16-32(33)40-38(43)39-31-19-23-42(24-20-31)22-18-29(28-14-9-8-10-15-28)27-41(2)37(44)30-25-34(45-3)36(47-5)35(26-30)46-4/h8-12,14-17,25-26,29,31H,6-7,13,18-24,27H2,1-5H3,(H,39,40). The maximum atomic E-state index is 13.6. The second-order valence-electron chi connectivity index (χ2n) is 12.5. The van der Waals surface area contributed by atoms with Crippen LogP contribution in [0.2, 0.25) is 0 Å². The van der Waals surface area contributed by atoms with Crippen molar-refractivity contribution >= 4 is 22.9 Å². The number of carbonyl (C=O) groups excluding carboxylic acids is 1. The van der Waals surface area contributed by atoms with Gasteiger partial charge in [-0.25, -0.2) is 4.98 Å². The van der Waals surface area contributed by atoms with Gasteiger partial charge in [0.25, 0.3) is 5.91 Å². The smallest absolute Gasteiger partial charge is 0.253 e. The summed E-state index contributed by atoms with van der Waals surface area (Å²) in [6.45, 7) is 6.90. The third-order valence-electron chi connectivity index (χ3n) is 9.38. The number of likely N-dealkylation sites (N-methyl/N-ethyl adjacent to an activating group) is 1. The quantitative estimate of drug-likeness (QED) is 0.131. The second kappa shape index (κ2) is 16.5. The first-order valence-electron chi connectivity index (χ1n) is 17.0. The van der Waals surface area contributed by atoms with E-state index in [0.717, 1.165) is 63.3 Å². The van der Waals surface area contributed by atoms with Crippen LogP contribution in [-0.2, 0) is 6.54 Å². The van der Waals surface area contributed by atoms with E-state index in [1.54, 1.807) is 38.4 Å². The Morgan fingerprint density at radius 3 is 2.28 bits per heavy atom. The van der Waals surface area contributed by atoms with Gasteiger partial charge in [-0.2, -0.15) is 0 Å². The van der Waals surface area contributed by atoms with E-state index in [2.05, 4.69) is 70.2 Å². The van der Waals surface area contributed by atoms with E-state index >= 15 is 0 Å².